The molecule has 1 fully saturated rings. The molecule has 4 nitrogen and oxygen atoms in total. The number of hydrogen-bond donors (Lipinski definition) is 2. The molecule has 2 rings (SSSR count). The number of nitrogens with one attached hydrogen (secondary N) is 1. The predicted molar refractivity (Wildman–Crippen MR) is 59.5 cm³/mol. The largest absolute Gasteiger partial charge is 0.478 e. The maximum absolute atomic E-state index is 11.6. The molecule has 1 saturated carbocycles. The molecule has 1 aromatic carbocycles. The van der Waals surface area contributed by atoms with Gasteiger partial charge in [-0.1, -0.05) is 12.1 Å². The Morgan fingerprint density at radius 2 is 2.06 bits per heavy atom. The SMILES string of the molecule is Cc1cccc(NC(=O)C2CC2)c1C(=O)O. The van der Waals surface area contributed by atoms with Gasteiger partial charge >= 0.3 is 5.97 Å². The number of carbonyl (C=O) groups is 2. The van der Waals surface area contributed by atoms with Crippen molar-refractivity contribution >= 4 is 17.6 Å². The highest BCUT2D eigenvalue weighted by molar-refractivity contribution is 6.02. The van der Waals surface area contributed by atoms with Crippen molar-refractivity contribution in [1.82, 2.24) is 0 Å². The van der Waals surface area contributed by atoms with Gasteiger partial charge in [-0.3, -0.25) is 4.79 Å². The normalized spacial score (nSPS) is 14.6. The van der Waals surface area contributed by atoms with Gasteiger partial charge in [-0.2, -0.15) is 0 Å². The third-order valence-corrected chi connectivity index (χ3v) is 2.69. The van der Waals surface area contributed by atoms with Crippen molar-refractivity contribution in [3.05, 3.63) is 29.3 Å². The molecule has 1 aliphatic carbocycles. The smallest absolute Gasteiger partial charge is 0.338 e. The summed E-state index contributed by atoms with van der Waals surface area (Å²) in [4.78, 5) is 22.6. The number of carboxylic acid groups (broad SMARTS) is 1. The van der Waals surface area contributed by atoms with Gasteiger partial charge in [0.1, 0.15) is 0 Å². The molecule has 84 valence electrons. The van der Waals surface area contributed by atoms with Crippen molar-refractivity contribution in [3.8, 4) is 0 Å². The minimum absolute atomic E-state index is 0.0714. The molecule has 1 aliphatic rings. The van der Waals surface area contributed by atoms with E-state index in [9.17, 15) is 9.59 Å². The summed E-state index contributed by atoms with van der Waals surface area (Å²) in [6, 6.07) is 5.08. The van der Waals surface area contributed by atoms with Crippen molar-refractivity contribution in [2.24, 2.45) is 5.92 Å². The van der Waals surface area contributed by atoms with Gasteiger partial charge in [-0.25, -0.2) is 4.79 Å². The molecule has 0 saturated heterocycles. The Bertz CT molecular complexity index is 450. The monoisotopic (exact) mass is 219 g/mol. The molecule has 16 heavy (non-hydrogen) atoms. The lowest BCUT2D eigenvalue weighted by molar-refractivity contribution is -0.117. The second-order valence-corrected chi connectivity index (χ2v) is 4.07. The zero-order valence-electron chi connectivity index (χ0n) is 8.99. The van der Waals surface area contributed by atoms with E-state index >= 15 is 0 Å². The van der Waals surface area contributed by atoms with Crippen LogP contribution in [0.4, 0.5) is 5.69 Å². The van der Waals surface area contributed by atoms with Crippen LogP contribution in [0, 0.1) is 12.8 Å². The molecule has 1 aromatic rings. The Morgan fingerprint density at radius 1 is 1.38 bits per heavy atom. The molecule has 0 unspecified atom stereocenters. The first kappa shape index (κ1) is 10.7. The van der Waals surface area contributed by atoms with Crippen molar-refractivity contribution in [2.45, 2.75) is 19.8 Å². The average molecular weight is 219 g/mol. The topological polar surface area (TPSA) is 66.4 Å². The lowest BCUT2D eigenvalue weighted by Crippen LogP contribution is -2.16. The molecule has 0 atom stereocenters. The molecule has 2 N–H and O–H groups in total. The first-order chi connectivity index (χ1) is 7.59. The molecule has 4 heteroatoms. The van der Waals surface area contributed by atoms with E-state index < -0.39 is 5.97 Å². The van der Waals surface area contributed by atoms with Gasteiger partial charge in [0.25, 0.3) is 0 Å². The molecule has 0 spiro atoms. The Kier molecular flexibility index (Phi) is 2.64. The zero-order valence-corrected chi connectivity index (χ0v) is 8.99. The van der Waals surface area contributed by atoms with E-state index in [0.717, 1.165) is 12.8 Å². The van der Waals surface area contributed by atoms with E-state index in [-0.39, 0.29) is 17.4 Å². The summed E-state index contributed by atoms with van der Waals surface area (Å²) in [5, 5.41) is 11.7. The number of hydrogen-bond acceptors (Lipinski definition) is 2. The molecule has 0 heterocycles. The maximum atomic E-state index is 11.6. The molecule has 0 bridgehead atoms. The highest BCUT2D eigenvalue weighted by Crippen LogP contribution is 2.31. The summed E-state index contributed by atoms with van der Waals surface area (Å²) in [7, 11) is 0. The standard InChI is InChI=1S/C12H13NO3/c1-7-3-2-4-9(10(7)12(15)16)13-11(14)8-5-6-8/h2-4,8H,5-6H2,1H3,(H,13,14)(H,15,16). The van der Waals surface area contributed by atoms with Gasteiger partial charge in [0.05, 0.1) is 11.3 Å². The molecule has 1 amide bonds. The minimum atomic E-state index is -1.01. The van der Waals surface area contributed by atoms with Crippen LogP contribution in [-0.4, -0.2) is 17.0 Å². The summed E-state index contributed by atoms with van der Waals surface area (Å²) in [6.45, 7) is 1.72. The van der Waals surface area contributed by atoms with Gasteiger partial charge in [0.2, 0.25) is 5.91 Å². The van der Waals surface area contributed by atoms with E-state index in [1.807, 2.05) is 0 Å². The molecule has 0 aliphatic heterocycles. The van der Waals surface area contributed by atoms with E-state index in [1.165, 1.54) is 0 Å². The van der Waals surface area contributed by atoms with Gasteiger partial charge in [0, 0.05) is 5.92 Å². The quantitative estimate of drug-likeness (QED) is 0.817. The fourth-order valence-corrected chi connectivity index (χ4v) is 1.64. The maximum Gasteiger partial charge on any atom is 0.338 e. The van der Waals surface area contributed by atoms with Gasteiger partial charge in [0.15, 0.2) is 0 Å². The Labute approximate surface area is 93.3 Å². The number of amides is 1. The number of carboxylic acids is 1. The summed E-state index contributed by atoms with van der Waals surface area (Å²) in [5.41, 5.74) is 1.22. The van der Waals surface area contributed by atoms with Gasteiger partial charge in [-0.05, 0) is 31.4 Å². The molecule has 0 aromatic heterocycles. The summed E-state index contributed by atoms with van der Waals surface area (Å²) < 4.78 is 0. The second-order valence-electron chi connectivity index (χ2n) is 4.07. The predicted octanol–water partition coefficient (Wildman–Crippen LogP) is 2.04. The number of aromatic carboxylic acids is 1. The Hall–Kier alpha value is -1.84. The molecular formula is C12H13NO3. The number of anilines is 1. The third kappa shape index (κ3) is 2.05. The van der Waals surface area contributed by atoms with Crippen molar-refractivity contribution in [3.63, 3.8) is 0 Å². The highest BCUT2D eigenvalue weighted by atomic mass is 16.4. The lowest BCUT2D eigenvalue weighted by Gasteiger charge is -2.09. The zero-order chi connectivity index (χ0) is 11.7. The van der Waals surface area contributed by atoms with Gasteiger partial charge < -0.3 is 10.4 Å². The van der Waals surface area contributed by atoms with E-state index in [4.69, 9.17) is 5.11 Å². The van der Waals surface area contributed by atoms with Crippen molar-refractivity contribution in [2.75, 3.05) is 5.32 Å². The highest BCUT2D eigenvalue weighted by Gasteiger charge is 2.30. The van der Waals surface area contributed by atoms with Crippen LogP contribution in [0.25, 0.3) is 0 Å². The summed E-state index contributed by atoms with van der Waals surface area (Å²) in [6.07, 6.45) is 1.81. The van der Waals surface area contributed by atoms with Crippen LogP contribution in [0.3, 0.4) is 0 Å². The van der Waals surface area contributed by atoms with Crippen LogP contribution in [0.1, 0.15) is 28.8 Å². The van der Waals surface area contributed by atoms with Crippen molar-refractivity contribution < 1.29 is 14.7 Å². The number of carbonyl (C=O) groups excluding carboxylic acids is 1. The van der Waals surface area contributed by atoms with Crippen LogP contribution in [0.15, 0.2) is 18.2 Å². The molecular weight excluding hydrogens is 206 g/mol. The van der Waals surface area contributed by atoms with Crippen LogP contribution in [-0.2, 0) is 4.79 Å². The number of rotatable bonds is 3. The lowest BCUT2D eigenvalue weighted by atomic mass is 10.1. The van der Waals surface area contributed by atoms with Crippen molar-refractivity contribution in [1.29, 1.82) is 0 Å². The molecule has 0 radical (unpaired) electrons. The van der Waals surface area contributed by atoms with Crippen LogP contribution in [0.5, 0.6) is 0 Å². The fraction of sp³-hybridized carbons (Fsp3) is 0.333. The van der Waals surface area contributed by atoms with E-state index in [1.54, 1.807) is 25.1 Å². The first-order valence-corrected chi connectivity index (χ1v) is 5.23. The van der Waals surface area contributed by atoms with Crippen LogP contribution < -0.4 is 5.32 Å². The summed E-state index contributed by atoms with van der Waals surface area (Å²) >= 11 is 0. The number of aryl methyl sites for hydroxylation is 1. The van der Waals surface area contributed by atoms with Crippen LogP contribution in [0.2, 0.25) is 0 Å². The van der Waals surface area contributed by atoms with E-state index in [2.05, 4.69) is 5.32 Å². The fourth-order valence-electron chi connectivity index (χ4n) is 1.64. The second kappa shape index (κ2) is 3.96. The Morgan fingerprint density at radius 3 is 2.62 bits per heavy atom. The van der Waals surface area contributed by atoms with Crippen LogP contribution >= 0.6 is 0 Å². The third-order valence-electron chi connectivity index (χ3n) is 2.69. The average Bonchev–Trinajstić information content (AvgIpc) is 2.99. The minimum Gasteiger partial charge on any atom is -0.478 e. The summed E-state index contributed by atoms with van der Waals surface area (Å²) in [5.74, 6) is -1.01. The first-order valence-electron chi connectivity index (χ1n) is 5.23. The van der Waals surface area contributed by atoms with E-state index in [0.29, 0.717) is 11.3 Å². The Balaban J connectivity index is 2.28. The van der Waals surface area contributed by atoms with Gasteiger partial charge in [-0.15, -0.1) is 0 Å². The number of benzene rings is 1.